The highest BCUT2D eigenvalue weighted by Crippen LogP contribution is 2.14. The number of hydrogen-bond acceptors (Lipinski definition) is 2. The molecule has 0 radical (unpaired) electrons. The van der Waals surface area contributed by atoms with Gasteiger partial charge in [0.05, 0.1) is 6.54 Å². The van der Waals surface area contributed by atoms with Gasteiger partial charge in [-0.25, -0.2) is 13.2 Å². The van der Waals surface area contributed by atoms with Crippen LogP contribution in [-0.2, 0) is 11.2 Å². The maximum Gasteiger partial charge on any atom is 0.161 e. The summed E-state index contributed by atoms with van der Waals surface area (Å²) in [4.78, 5) is 10.8. The first-order valence-corrected chi connectivity index (χ1v) is 3.89. The van der Waals surface area contributed by atoms with Crippen molar-refractivity contribution in [3.63, 3.8) is 0 Å². The number of carbonyl (C=O) groups excluding carboxylic acids is 1. The molecule has 0 atom stereocenters. The van der Waals surface area contributed by atoms with E-state index in [1.54, 1.807) is 0 Å². The molecular weight excluding hydrogens is 195 g/mol. The van der Waals surface area contributed by atoms with Crippen LogP contribution in [0, 0.1) is 17.5 Å². The standard InChI is InChI=1S/C9H8F3NO/c10-7-3-9(12)8(11)2-5(7)1-6(14)4-13/h2-3H,1,4,13H2. The van der Waals surface area contributed by atoms with Crippen LogP contribution in [0.15, 0.2) is 12.1 Å². The van der Waals surface area contributed by atoms with E-state index in [0.717, 1.165) is 0 Å². The van der Waals surface area contributed by atoms with Gasteiger partial charge in [-0.1, -0.05) is 0 Å². The number of hydrogen-bond donors (Lipinski definition) is 1. The van der Waals surface area contributed by atoms with Crippen LogP contribution in [0.4, 0.5) is 13.2 Å². The van der Waals surface area contributed by atoms with E-state index in [4.69, 9.17) is 5.73 Å². The van der Waals surface area contributed by atoms with Crippen LogP contribution in [0.5, 0.6) is 0 Å². The molecule has 0 aliphatic rings. The number of ketones is 1. The summed E-state index contributed by atoms with van der Waals surface area (Å²) < 4.78 is 38.0. The molecule has 0 unspecified atom stereocenters. The van der Waals surface area contributed by atoms with Gasteiger partial charge in [0.1, 0.15) is 5.82 Å². The van der Waals surface area contributed by atoms with Crippen molar-refractivity contribution in [2.75, 3.05) is 6.54 Å². The number of halogens is 3. The van der Waals surface area contributed by atoms with Crippen molar-refractivity contribution < 1.29 is 18.0 Å². The molecule has 76 valence electrons. The average molecular weight is 203 g/mol. The Bertz CT molecular complexity index is 365. The Hall–Kier alpha value is -1.36. The third kappa shape index (κ3) is 2.32. The first-order chi connectivity index (χ1) is 6.54. The average Bonchev–Trinajstić information content (AvgIpc) is 2.14. The Morgan fingerprint density at radius 2 is 1.71 bits per heavy atom. The van der Waals surface area contributed by atoms with Gasteiger partial charge < -0.3 is 5.73 Å². The summed E-state index contributed by atoms with van der Waals surface area (Å²) in [6.07, 6.45) is -0.320. The van der Waals surface area contributed by atoms with Crippen molar-refractivity contribution in [2.45, 2.75) is 6.42 Å². The van der Waals surface area contributed by atoms with Gasteiger partial charge in [-0.15, -0.1) is 0 Å². The van der Waals surface area contributed by atoms with Gasteiger partial charge >= 0.3 is 0 Å². The zero-order valence-electron chi connectivity index (χ0n) is 7.19. The van der Waals surface area contributed by atoms with Crippen LogP contribution in [0.25, 0.3) is 0 Å². The lowest BCUT2D eigenvalue weighted by atomic mass is 10.1. The summed E-state index contributed by atoms with van der Waals surface area (Å²) in [5, 5.41) is 0. The van der Waals surface area contributed by atoms with Crippen LogP contribution in [0.1, 0.15) is 5.56 Å². The van der Waals surface area contributed by atoms with Crippen LogP contribution < -0.4 is 5.73 Å². The van der Waals surface area contributed by atoms with Crippen LogP contribution in [-0.4, -0.2) is 12.3 Å². The molecule has 0 saturated heterocycles. The number of rotatable bonds is 3. The van der Waals surface area contributed by atoms with Gasteiger partial charge in [-0.3, -0.25) is 4.79 Å². The first kappa shape index (κ1) is 10.7. The number of Topliss-reactive ketones (excluding diaryl/α,β-unsaturated/α-hetero) is 1. The Balaban J connectivity index is 2.98. The van der Waals surface area contributed by atoms with Crippen molar-refractivity contribution in [3.8, 4) is 0 Å². The molecule has 1 aromatic rings. The van der Waals surface area contributed by atoms with Gasteiger partial charge in [0.25, 0.3) is 0 Å². The highest BCUT2D eigenvalue weighted by molar-refractivity contribution is 5.82. The summed E-state index contributed by atoms with van der Waals surface area (Å²) in [5.41, 5.74) is 4.82. The van der Waals surface area contributed by atoms with E-state index in [1.165, 1.54) is 0 Å². The second-order valence-corrected chi connectivity index (χ2v) is 2.78. The summed E-state index contributed by atoms with van der Waals surface area (Å²) >= 11 is 0. The second kappa shape index (κ2) is 4.23. The zero-order valence-corrected chi connectivity index (χ0v) is 7.19. The number of benzene rings is 1. The lowest BCUT2D eigenvalue weighted by molar-refractivity contribution is -0.117. The molecule has 1 rings (SSSR count). The Morgan fingerprint density at radius 3 is 2.29 bits per heavy atom. The quantitative estimate of drug-likeness (QED) is 0.749. The first-order valence-electron chi connectivity index (χ1n) is 3.89. The molecule has 0 spiro atoms. The Morgan fingerprint density at radius 1 is 1.14 bits per heavy atom. The number of carbonyl (C=O) groups is 1. The zero-order chi connectivity index (χ0) is 10.7. The largest absolute Gasteiger partial charge is 0.324 e. The van der Waals surface area contributed by atoms with E-state index in [0.29, 0.717) is 12.1 Å². The topological polar surface area (TPSA) is 43.1 Å². The molecule has 0 amide bonds. The van der Waals surface area contributed by atoms with Gasteiger partial charge in [0, 0.05) is 12.5 Å². The van der Waals surface area contributed by atoms with Gasteiger partial charge in [-0.05, 0) is 11.6 Å². The highest BCUT2D eigenvalue weighted by atomic mass is 19.2. The molecule has 2 nitrogen and oxygen atoms in total. The van der Waals surface area contributed by atoms with E-state index in [9.17, 15) is 18.0 Å². The lowest BCUT2D eigenvalue weighted by Crippen LogP contribution is -2.16. The van der Waals surface area contributed by atoms with Crippen molar-refractivity contribution >= 4 is 5.78 Å². The molecule has 2 N–H and O–H groups in total. The summed E-state index contributed by atoms with van der Waals surface area (Å²) in [5.74, 6) is -3.82. The summed E-state index contributed by atoms with van der Waals surface area (Å²) in [7, 11) is 0. The molecule has 0 heterocycles. The van der Waals surface area contributed by atoms with E-state index in [2.05, 4.69) is 0 Å². The minimum absolute atomic E-state index is 0.181. The van der Waals surface area contributed by atoms with Crippen LogP contribution >= 0.6 is 0 Å². The number of nitrogens with two attached hydrogens (primary N) is 1. The third-order valence-electron chi connectivity index (χ3n) is 1.70. The molecule has 0 saturated carbocycles. The van der Waals surface area contributed by atoms with Crippen LogP contribution in [0.3, 0.4) is 0 Å². The monoisotopic (exact) mass is 203 g/mol. The predicted octanol–water partition coefficient (Wildman–Crippen LogP) is 1.17. The van der Waals surface area contributed by atoms with E-state index < -0.39 is 23.2 Å². The van der Waals surface area contributed by atoms with Crippen molar-refractivity contribution in [3.05, 3.63) is 35.1 Å². The molecule has 0 fully saturated rings. The van der Waals surface area contributed by atoms with Gasteiger partial charge in [-0.2, -0.15) is 0 Å². The summed E-state index contributed by atoms with van der Waals surface area (Å²) in [6, 6.07) is 1.08. The molecule has 0 bridgehead atoms. The van der Waals surface area contributed by atoms with Gasteiger partial charge in [0.15, 0.2) is 17.4 Å². The highest BCUT2D eigenvalue weighted by Gasteiger charge is 2.11. The minimum atomic E-state index is -1.27. The Labute approximate surface area is 78.5 Å². The maximum absolute atomic E-state index is 12.9. The minimum Gasteiger partial charge on any atom is -0.324 e. The van der Waals surface area contributed by atoms with Crippen LogP contribution in [0.2, 0.25) is 0 Å². The van der Waals surface area contributed by atoms with E-state index in [-0.39, 0.29) is 18.5 Å². The molecule has 0 aliphatic carbocycles. The fourth-order valence-electron chi connectivity index (χ4n) is 0.984. The van der Waals surface area contributed by atoms with E-state index in [1.807, 2.05) is 0 Å². The third-order valence-corrected chi connectivity index (χ3v) is 1.70. The SMILES string of the molecule is NCC(=O)Cc1cc(F)c(F)cc1F. The van der Waals surface area contributed by atoms with Crippen molar-refractivity contribution in [2.24, 2.45) is 5.73 Å². The fourth-order valence-corrected chi connectivity index (χ4v) is 0.984. The molecule has 1 aromatic carbocycles. The predicted molar refractivity (Wildman–Crippen MR) is 44.1 cm³/mol. The molecule has 5 heteroatoms. The molecule has 14 heavy (non-hydrogen) atoms. The molecule has 0 aromatic heterocycles. The fraction of sp³-hybridized carbons (Fsp3) is 0.222. The maximum atomic E-state index is 12.9. The normalized spacial score (nSPS) is 10.3. The van der Waals surface area contributed by atoms with Crippen molar-refractivity contribution in [1.29, 1.82) is 0 Å². The smallest absolute Gasteiger partial charge is 0.161 e. The lowest BCUT2D eigenvalue weighted by Gasteiger charge is -2.02. The van der Waals surface area contributed by atoms with E-state index >= 15 is 0 Å². The van der Waals surface area contributed by atoms with Crippen molar-refractivity contribution in [1.82, 2.24) is 0 Å². The molecular formula is C9H8F3NO. The molecule has 0 aliphatic heterocycles. The second-order valence-electron chi connectivity index (χ2n) is 2.78. The summed E-state index contributed by atoms with van der Waals surface area (Å²) in [6.45, 7) is -0.252. The Kier molecular flexibility index (Phi) is 3.24. The van der Waals surface area contributed by atoms with Gasteiger partial charge in [0.2, 0.25) is 0 Å².